The lowest BCUT2D eigenvalue weighted by molar-refractivity contribution is 0.0270. The van der Waals surface area contributed by atoms with Crippen LogP contribution in [0.4, 0.5) is 4.79 Å². The number of nitrogens with zero attached hydrogens (tertiary/aromatic N) is 4. The van der Waals surface area contributed by atoms with Crippen LogP contribution in [0.3, 0.4) is 0 Å². The van der Waals surface area contributed by atoms with E-state index in [2.05, 4.69) is 10.2 Å². The van der Waals surface area contributed by atoms with Gasteiger partial charge in [-0.1, -0.05) is 17.7 Å². The fourth-order valence-electron chi connectivity index (χ4n) is 3.19. The molecule has 0 radical (unpaired) electrons. The molecule has 3 heterocycles. The molecule has 0 saturated heterocycles. The van der Waals surface area contributed by atoms with Gasteiger partial charge in [0.2, 0.25) is 0 Å². The van der Waals surface area contributed by atoms with Crippen LogP contribution < -0.4 is 5.56 Å². The van der Waals surface area contributed by atoms with Crippen molar-refractivity contribution in [2.75, 3.05) is 13.1 Å². The molecule has 2 aromatic heterocycles. The van der Waals surface area contributed by atoms with Crippen molar-refractivity contribution < 1.29 is 9.53 Å². The van der Waals surface area contributed by atoms with Gasteiger partial charge in [-0.15, -0.1) is 5.10 Å². The number of amides is 1. The first kappa shape index (κ1) is 19.4. The zero-order valence-electron chi connectivity index (χ0n) is 16.2. The molecule has 7 nitrogen and oxygen atoms in total. The number of fused-ring (bicyclic) bond motifs is 1. The van der Waals surface area contributed by atoms with E-state index < -0.39 is 5.60 Å². The highest BCUT2D eigenvalue weighted by atomic mass is 35.5. The molecule has 27 heavy (non-hydrogen) atoms. The summed E-state index contributed by atoms with van der Waals surface area (Å²) in [6.07, 6.45) is 2.11. The Morgan fingerprint density at radius 3 is 2.59 bits per heavy atom. The zero-order chi connectivity index (χ0) is 19.9. The number of carbonyl (C=O) groups excluding carboxylic acids is 1. The van der Waals surface area contributed by atoms with E-state index >= 15 is 0 Å². The minimum Gasteiger partial charge on any atom is -0.444 e. The van der Waals surface area contributed by atoms with Crippen molar-refractivity contribution >= 4 is 34.2 Å². The number of carbonyl (C=O) groups is 1. The Morgan fingerprint density at radius 1 is 1.30 bits per heavy atom. The molecular formula is C19H23ClN4O3. The number of aromatic nitrogens is 3. The van der Waals surface area contributed by atoms with Gasteiger partial charge in [0.1, 0.15) is 5.60 Å². The molecule has 0 bridgehead atoms. The summed E-state index contributed by atoms with van der Waals surface area (Å²) >= 11 is 6.21. The van der Waals surface area contributed by atoms with Gasteiger partial charge in [0.15, 0.2) is 5.15 Å². The summed E-state index contributed by atoms with van der Waals surface area (Å²) in [5, 5.41) is 8.89. The average Bonchev–Trinajstić information content (AvgIpc) is 2.59. The third-order valence-electron chi connectivity index (χ3n) is 4.47. The van der Waals surface area contributed by atoms with Gasteiger partial charge >= 0.3 is 6.09 Å². The molecule has 1 amide bonds. The van der Waals surface area contributed by atoms with E-state index in [9.17, 15) is 9.59 Å². The molecule has 0 N–H and O–H groups in total. The van der Waals surface area contributed by atoms with E-state index in [1.165, 1.54) is 0 Å². The van der Waals surface area contributed by atoms with Crippen molar-refractivity contribution in [1.29, 1.82) is 0 Å². The Bertz CT molecular complexity index is 1000. The Kier molecular flexibility index (Phi) is 4.99. The van der Waals surface area contributed by atoms with E-state index in [1.54, 1.807) is 29.5 Å². The quantitative estimate of drug-likeness (QED) is 0.746. The van der Waals surface area contributed by atoms with E-state index in [1.807, 2.05) is 26.8 Å². The largest absolute Gasteiger partial charge is 0.444 e. The summed E-state index contributed by atoms with van der Waals surface area (Å²) in [6.45, 7) is 8.19. The molecule has 8 heteroatoms. The van der Waals surface area contributed by atoms with Gasteiger partial charge in [-0.3, -0.25) is 4.79 Å². The lowest BCUT2D eigenvalue weighted by Crippen LogP contribution is -2.39. The van der Waals surface area contributed by atoms with Gasteiger partial charge in [-0.05, 0) is 45.8 Å². The maximum Gasteiger partial charge on any atom is 0.410 e. The van der Waals surface area contributed by atoms with E-state index in [4.69, 9.17) is 16.3 Å². The standard InChI is InChI=1S/C19H23ClN4O3/c1-11-15-14(16(20)22-21-11)10-13(17(25)23(15)5)12-6-8-24(9-7-12)18(26)27-19(2,3)4/h6,10H,7-9H2,1-5H3. The Hall–Kier alpha value is -2.41. The predicted molar refractivity (Wildman–Crippen MR) is 105 cm³/mol. The topological polar surface area (TPSA) is 77.3 Å². The van der Waals surface area contributed by atoms with Gasteiger partial charge in [0, 0.05) is 31.1 Å². The second-order valence-corrected chi connectivity index (χ2v) is 8.02. The van der Waals surface area contributed by atoms with Crippen molar-refractivity contribution in [3.63, 3.8) is 0 Å². The van der Waals surface area contributed by atoms with E-state index in [-0.39, 0.29) is 16.8 Å². The first-order valence-corrected chi connectivity index (χ1v) is 9.16. The minimum absolute atomic E-state index is 0.119. The highest BCUT2D eigenvalue weighted by Gasteiger charge is 2.25. The summed E-state index contributed by atoms with van der Waals surface area (Å²) < 4.78 is 6.96. The van der Waals surface area contributed by atoms with Crippen molar-refractivity contribution in [1.82, 2.24) is 19.7 Å². The second-order valence-electron chi connectivity index (χ2n) is 7.67. The van der Waals surface area contributed by atoms with Crippen molar-refractivity contribution in [3.8, 4) is 0 Å². The van der Waals surface area contributed by atoms with Crippen LogP contribution in [0, 0.1) is 6.92 Å². The smallest absolute Gasteiger partial charge is 0.410 e. The van der Waals surface area contributed by atoms with Crippen LogP contribution in [0.2, 0.25) is 5.15 Å². The fraction of sp³-hybridized carbons (Fsp3) is 0.474. The zero-order valence-corrected chi connectivity index (χ0v) is 16.9. The molecule has 0 aliphatic carbocycles. The van der Waals surface area contributed by atoms with Crippen molar-refractivity contribution in [2.24, 2.45) is 7.05 Å². The Labute approximate surface area is 162 Å². The fourth-order valence-corrected chi connectivity index (χ4v) is 3.37. The lowest BCUT2D eigenvalue weighted by Gasteiger charge is -2.29. The molecule has 0 aromatic carbocycles. The SMILES string of the molecule is Cc1nnc(Cl)c2cc(C3=CCN(C(=O)OC(C)(C)C)CC3)c(=O)n(C)c12. The summed E-state index contributed by atoms with van der Waals surface area (Å²) in [5.74, 6) is 0. The first-order chi connectivity index (χ1) is 12.6. The van der Waals surface area contributed by atoms with Crippen LogP contribution >= 0.6 is 11.6 Å². The van der Waals surface area contributed by atoms with Gasteiger partial charge in [-0.2, -0.15) is 5.10 Å². The maximum absolute atomic E-state index is 12.9. The van der Waals surface area contributed by atoms with E-state index in [0.29, 0.717) is 41.7 Å². The number of halogens is 1. The van der Waals surface area contributed by atoms with Gasteiger partial charge in [0.05, 0.1) is 11.2 Å². The van der Waals surface area contributed by atoms with Gasteiger partial charge in [0.25, 0.3) is 5.56 Å². The van der Waals surface area contributed by atoms with Gasteiger partial charge in [-0.25, -0.2) is 4.79 Å². The molecule has 0 atom stereocenters. The minimum atomic E-state index is -0.537. The molecule has 1 aliphatic rings. The molecule has 0 fully saturated rings. The number of aryl methyl sites for hydroxylation is 2. The van der Waals surface area contributed by atoms with Crippen LogP contribution in [0.25, 0.3) is 16.5 Å². The van der Waals surface area contributed by atoms with Crippen molar-refractivity contribution in [3.05, 3.63) is 38.9 Å². The third kappa shape index (κ3) is 3.83. The molecule has 3 rings (SSSR count). The highest BCUT2D eigenvalue weighted by molar-refractivity contribution is 6.34. The van der Waals surface area contributed by atoms with E-state index in [0.717, 1.165) is 5.57 Å². The average molecular weight is 391 g/mol. The summed E-state index contributed by atoms with van der Waals surface area (Å²) in [7, 11) is 1.70. The van der Waals surface area contributed by atoms with Crippen LogP contribution in [0.1, 0.15) is 38.4 Å². The molecular weight excluding hydrogens is 368 g/mol. The van der Waals surface area contributed by atoms with Crippen LogP contribution in [-0.2, 0) is 11.8 Å². The maximum atomic E-state index is 12.9. The molecule has 0 spiro atoms. The second kappa shape index (κ2) is 6.96. The number of ether oxygens (including phenoxy) is 1. The Balaban J connectivity index is 1.95. The predicted octanol–water partition coefficient (Wildman–Crippen LogP) is 3.31. The van der Waals surface area contributed by atoms with Crippen LogP contribution in [0.5, 0.6) is 0 Å². The molecule has 2 aromatic rings. The lowest BCUT2D eigenvalue weighted by atomic mass is 9.99. The molecule has 0 unspecified atom stereocenters. The number of hydrogen-bond acceptors (Lipinski definition) is 5. The summed E-state index contributed by atoms with van der Waals surface area (Å²) in [6, 6.07) is 1.77. The Morgan fingerprint density at radius 2 is 2.00 bits per heavy atom. The van der Waals surface area contributed by atoms with Gasteiger partial charge < -0.3 is 14.2 Å². The summed E-state index contributed by atoms with van der Waals surface area (Å²) in [4.78, 5) is 26.7. The molecule has 0 saturated carbocycles. The first-order valence-electron chi connectivity index (χ1n) is 8.78. The van der Waals surface area contributed by atoms with Crippen LogP contribution in [0.15, 0.2) is 16.9 Å². The molecule has 144 valence electrons. The number of rotatable bonds is 1. The highest BCUT2D eigenvalue weighted by Crippen LogP contribution is 2.27. The van der Waals surface area contributed by atoms with Crippen molar-refractivity contribution in [2.45, 2.75) is 39.7 Å². The number of pyridine rings is 1. The summed E-state index contributed by atoms with van der Waals surface area (Å²) in [5.41, 5.74) is 2.13. The normalized spacial score (nSPS) is 15.0. The van der Waals surface area contributed by atoms with Crippen LogP contribution in [-0.4, -0.2) is 44.4 Å². The third-order valence-corrected chi connectivity index (χ3v) is 4.75. The monoisotopic (exact) mass is 390 g/mol. The molecule has 1 aliphatic heterocycles. The number of hydrogen-bond donors (Lipinski definition) is 0.